The van der Waals surface area contributed by atoms with Gasteiger partial charge in [-0.05, 0) is 51.8 Å². The van der Waals surface area contributed by atoms with Crippen LogP contribution in [-0.4, -0.2) is 37.8 Å². The summed E-state index contributed by atoms with van der Waals surface area (Å²) in [7, 11) is 0. The lowest BCUT2D eigenvalue weighted by Crippen LogP contribution is -2.19. The molecule has 0 saturated carbocycles. The van der Waals surface area contributed by atoms with E-state index in [0.717, 1.165) is 26.1 Å². The highest BCUT2D eigenvalue weighted by Crippen LogP contribution is 1.93. The number of thioether (sulfide) groups is 1. The first kappa shape index (κ1) is 13.3. The van der Waals surface area contributed by atoms with E-state index in [2.05, 4.69) is 25.4 Å². The van der Waals surface area contributed by atoms with E-state index in [1.165, 1.54) is 12.2 Å². The summed E-state index contributed by atoms with van der Waals surface area (Å²) in [5.74, 6) is 1.26. The van der Waals surface area contributed by atoms with Crippen LogP contribution >= 0.6 is 11.8 Å². The molecule has 0 atom stereocenters. The van der Waals surface area contributed by atoms with Crippen molar-refractivity contribution in [1.29, 1.82) is 0 Å². The van der Waals surface area contributed by atoms with Crippen molar-refractivity contribution in [1.82, 2.24) is 5.32 Å². The second kappa shape index (κ2) is 10.4. The molecule has 1 N–H and O–H groups in total. The Balaban J connectivity index is 2.84. The van der Waals surface area contributed by atoms with Crippen molar-refractivity contribution in [3.05, 3.63) is 0 Å². The van der Waals surface area contributed by atoms with E-state index in [0.29, 0.717) is 6.10 Å². The molecule has 3 heteroatoms. The molecular formula is C10H23NOS. The van der Waals surface area contributed by atoms with Gasteiger partial charge in [0.2, 0.25) is 0 Å². The van der Waals surface area contributed by atoms with Crippen LogP contribution in [-0.2, 0) is 4.74 Å². The number of hydrogen-bond donors (Lipinski definition) is 1. The lowest BCUT2D eigenvalue weighted by Gasteiger charge is -2.07. The Labute approximate surface area is 86.8 Å². The lowest BCUT2D eigenvalue weighted by molar-refractivity contribution is 0.0771. The first-order chi connectivity index (χ1) is 6.27. The number of ether oxygens (including phenoxy) is 1. The minimum absolute atomic E-state index is 0.372. The maximum absolute atomic E-state index is 5.43. The molecule has 0 aliphatic rings. The Kier molecular flexibility index (Phi) is 10.6. The van der Waals surface area contributed by atoms with Crippen LogP contribution in [0.2, 0.25) is 0 Å². The molecule has 0 saturated heterocycles. The molecule has 0 spiro atoms. The van der Waals surface area contributed by atoms with Gasteiger partial charge in [0.05, 0.1) is 6.10 Å². The summed E-state index contributed by atoms with van der Waals surface area (Å²) in [5, 5.41) is 3.40. The van der Waals surface area contributed by atoms with Crippen LogP contribution in [0.3, 0.4) is 0 Å². The molecule has 0 aromatic heterocycles. The predicted molar refractivity (Wildman–Crippen MR) is 61.6 cm³/mol. The fourth-order valence-electron chi connectivity index (χ4n) is 0.983. The van der Waals surface area contributed by atoms with Crippen LogP contribution in [0.15, 0.2) is 0 Å². The molecule has 0 heterocycles. The first-order valence-electron chi connectivity index (χ1n) is 5.08. The van der Waals surface area contributed by atoms with Gasteiger partial charge in [0.25, 0.3) is 0 Å². The molecule has 80 valence electrons. The van der Waals surface area contributed by atoms with Crippen molar-refractivity contribution in [2.45, 2.75) is 32.8 Å². The maximum Gasteiger partial charge on any atom is 0.0518 e. The Morgan fingerprint density at radius 3 is 2.54 bits per heavy atom. The average molecular weight is 205 g/mol. The van der Waals surface area contributed by atoms with Gasteiger partial charge in [-0.1, -0.05) is 0 Å². The van der Waals surface area contributed by atoms with E-state index in [-0.39, 0.29) is 0 Å². The Hall–Kier alpha value is 0.270. The largest absolute Gasteiger partial charge is 0.379 e. The smallest absolute Gasteiger partial charge is 0.0518 e. The maximum atomic E-state index is 5.43. The molecule has 0 radical (unpaired) electrons. The average Bonchev–Trinajstić information content (AvgIpc) is 2.09. The second-order valence-electron chi connectivity index (χ2n) is 3.37. The van der Waals surface area contributed by atoms with Gasteiger partial charge in [0.15, 0.2) is 0 Å². The summed E-state index contributed by atoms with van der Waals surface area (Å²) >= 11 is 1.91. The second-order valence-corrected chi connectivity index (χ2v) is 4.36. The summed E-state index contributed by atoms with van der Waals surface area (Å²) in [4.78, 5) is 0. The fourth-order valence-corrected chi connectivity index (χ4v) is 1.42. The van der Waals surface area contributed by atoms with Gasteiger partial charge in [-0.25, -0.2) is 0 Å². The third-order valence-corrected chi connectivity index (χ3v) is 2.35. The molecule has 0 bridgehead atoms. The molecule has 0 unspecified atom stereocenters. The summed E-state index contributed by atoms with van der Waals surface area (Å²) in [5.41, 5.74) is 0. The molecule has 0 aromatic rings. The lowest BCUT2D eigenvalue weighted by atomic mass is 10.4. The minimum atomic E-state index is 0.372. The van der Waals surface area contributed by atoms with Crippen molar-refractivity contribution in [2.75, 3.05) is 31.7 Å². The normalized spacial score (nSPS) is 11.1. The van der Waals surface area contributed by atoms with Gasteiger partial charge < -0.3 is 10.1 Å². The summed E-state index contributed by atoms with van der Waals surface area (Å²) in [6.07, 6.45) is 4.91. The van der Waals surface area contributed by atoms with Gasteiger partial charge in [-0.3, -0.25) is 0 Å². The monoisotopic (exact) mass is 205 g/mol. The summed E-state index contributed by atoms with van der Waals surface area (Å²) < 4.78 is 5.43. The third-order valence-electron chi connectivity index (χ3n) is 1.65. The molecule has 2 nitrogen and oxygen atoms in total. The first-order valence-corrected chi connectivity index (χ1v) is 6.48. The molecule has 0 amide bonds. The molecule has 0 rings (SSSR count). The van der Waals surface area contributed by atoms with Crippen molar-refractivity contribution >= 4 is 11.8 Å². The highest BCUT2D eigenvalue weighted by atomic mass is 32.2. The van der Waals surface area contributed by atoms with Crippen molar-refractivity contribution in [3.63, 3.8) is 0 Å². The van der Waals surface area contributed by atoms with Crippen LogP contribution in [0, 0.1) is 0 Å². The van der Waals surface area contributed by atoms with Crippen LogP contribution in [0.4, 0.5) is 0 Å². The van der Waals surface area contributed by atoms with Gasteiger partial charge in [-0.2, -0.15) is 11.8 Å². The molecular weight excluding hydrogens is 182 g/mol. The van der Waals surface area contributed by atoms with E-state index in [4.69, 9.17) is 4.74 Å². The van der Waals surface area contributed by atoms with Crippen LogP contribution in [0.5, 0.6) is 0 Å². The standard InChI is InChI=1S/C10H23NOS/c1-10(2)12-8-4-6-11-7-5-9-13-3/h10-11H,4-9H2,1-3H3. The van der Waals surface area contributed by atoms with Crippen LogP contribution < -0.4 is 5.32 Å². The van der Waals surface area contributed by atoms with E-state index in [1.54, 1.807) is 0 Å². The third kappa shape index (κ3) is 12.3. The van der Waals surface area contributed by atoms with Crippen molar-refractivity contribution in [2.24, 2.45) is 0 Å². The zero-order valence-corrected chi connectivity index (χ0v) is 9.95. The molecule has 0 aromatic carbocycles. The summed E-state index contributed by atoms with van der Waals surface area (Å²) in [6.45, 7) is 7.26. The van der Waals surface area contributed by atoms with Crippen LogP contribution in [0.25, 0.3) is 0 Å². The highest BCUT2D eigenvalue weighted by Gasteiger charge is 1.92. The SMILES string of the molecule is CSCCCNCCCOC(C)C. The van der Waals surface area contributed by atoms with E-state index in [1.807, 2.05) is 11.8 Å². The quantitative estimate of drug-likeness (QED) is 0.583. The van der Waals surface area contributed by atoms with Gasteiger partial charge >= 0.3 is 0 Å². The topological polar surface area (TPSA) is 21.3 Å². The van der Waals surface area contributed by atoms with Gasteiger partial charge in [0, 0.05) is 6.61 Å². The zero-order chi connectivity index (χ0) is 9.94. The highest BCUT2D eigenvalue weighted by molar-refractivity contribution is 7.98. The van der Waals surface area contributed by atoms with Gasteiger partial charge in [0.1, 0.15) is 0 Å². The predicted octanol–water partition coefficient (Wildman–Crippen LogP) is 2.14. The number of nitrogens with one attached hydrogen (secondary N) is 1. The van der Waals surface area contributed by atoms with Crippen molar-refractivity contribution < 1.29 is 4.74 Å². The van der Waals surface area contributed by atoms with Gasteiger partial charge in [-0.15, -0.1) is 0 Å². The Bertz CT molecular complexity index is 98.9. The minimum Gasteiger partial charge on any atom is -0.379 e. The summed E-state index contributed by atoms with van der Waals surface area (Å²) in [6, 6.07) is 0. The van der Waals surface area contributed by atoms with Crippen molar-refractivity contribution in [3.8, 4) is 0 Å². The Morgan fingerprint density at radius 1 is 1.23 bits per heavy atom. The van der Waals surface area contributed by atoms with Crippen LogP contribution in [0.1, 0.15) is 26.7 Å². The van der Waals surface area contributed by atoms with E-state index in [9.17, 15) is 0 Å². The van der Waals surface area contributed by atoms with E-state index < -0.39 is 0 Å². The molecule has 0 aliphatic heterocycles. The van der Waals surface area contributed by atoms with E-state index >= 15 is 0 Å². The molecule has 13 heavy (non-hydrogen) atoms. The molecule has 0 fully saturated rings. The number of hydrogen-bond acceptors (Lipinski definition) is 3. The zero-order valence-electron chi connectivity index (χ0n) is 9.14. The number of rotatable bonds is 9. The molecule has 0 aliphatic carbocycles. The Morgan fingerprint density at radius 2 is 1.92 bits per heavy atom. The fraction of sp³-hybridized carbons (Fsp3) is 1.00.